The second-order valence-electron chi connectivity index (χ2n) is 5.40. The highest BCUT2D eigenvalue weighted by atomic mass is 16.3. The Bertz CT molecular complexity index is 796. The molecule has 0 aliphatic carbocycles. The lowest BCUT2D eigenvalue weighted by Gasteiger charge is -2.25. The fourth-order valence-corrected chi connectivity index (χ4v) is 2.92. The molecule has 1 heterocycles. The number of nitrogens with zero attached hydrogens (tertiary/aromatic N) is 2. The minimum absolute atomic E-state index is 0.0520. The summed E-state index contributed by atoms with van der Waals surface area (Å²) in [6.45, 7) is 3.06. The highest BCUT2D eigenvalue weighted by molar-refractivity contribution is 6.09. The minimum atomic E-state index is 0.0520. The third kappa shape index (κ3) is 2.63. The molecular formula is C18H20N2O2. The number of aliphatic hydroxyl groups excluding tert-OH is 2. The van der Waals surface area contributed by atoms with Crippen LogP contribution in [0.25, 0.3) is 21.7 Å². The van der Waals surface area contributed by atoms with E-state index in [1.807, 2.05) is 30.0 Å². The van der Waals surface area contributed by atoms with Crippen molar-refractivity contribution in [3.8, 4) is 0 Å². The summed E-state index contributed by atoms with van der Waals surface area (Å²) in [7, 11) is 0. The van der Waals surface area contributed by atoms with Crippen LogP contribution in [0, 0.1) is 6.92 Å². The normalized spacial score (nSPS) is 11.2. The zero-order chi connectivity index (χ0) is 15.5. The van der Waals surface area contributed by atoms with Crippen molar-refractivity contribution >= 4 is 27.4 Å². The molecule has 0 spiro atoms. The number of hydrogen-bond donors (Lipinski definition) is 2. The molecule has 0 radical (unpaired) electrons. The maximum atomic E-state index is 9.30. The van der Waals surface area contributed by atoms with Crippen molar-refractivity contribution in [2.45, 2.75) is 6.92 Å². The standard InChI is InChI=1S/C18H20N2O2/c1-13-12-17(20(8-10-21)9-11-22)16-7-6-14-4-2-3-5-15(14)18(16)19-13/h2-7,12,21-22H,8-11H2,1H3. The smallest absolute Gasteiger partial charge is 0.0804 e. The van der Waals surface area contributed by atoms with E-state index >= 15 is 0 Å². The number of fused-ring (bicyclic) bond motifs is 3. The van der Waals surface area contributed by atoms with Crippen LogP contribution in [0.1, 0.15) is 5.69 Å². The first-order valence-electron chi connectivity index (χ1n) is 7.50. The fourth-order valence-electron chi connectivity index (χ4n) is 2.92. The van der Waals surface area contributed by atoms with E-state index in [4.69, 9.17) is 4.98 Å². The van der Waals surface area contributed by atoms with Crippen LogP contribution in [0.2, 0.25) is 0 Å². The molecule has 0 unspecified atom stereocenters. The van der Waals surface area contributed by atoms with E-state index in [0.29, 0.717) is 13.1 Å². The molecule has 1 aromatic heterocycles. The van der Waals surface area contributed by atoms with Crippen LogP contribution in [0.4, 0.5) is 5.69 Å². The predicted molar refractivity (Wildman–Crippen MR) is 90.4 cm³/mol. The van der Waals surface area contributed by atoms with Gasteiger partial charge < -0.3 is 15.1 Å². The molecule has 0 aliphatic rings. The van der Waals surface area contributed by atoms with Crippen LogP contribution in [0.3, 0.4) is 0 Å². The second-order valence-corrected chi connectivity index (χ2v) is 5.40. The molecule has 4 nitrogen and oxygen atoms in total. The zero-order valence-electron chi connectivity index (χ0n) is 12.7. The van der Waals surface area contributed by atoms with Gasteiger partial charge in [0.1, 0.15) is 0 Å². The summed E-state index contributed by atoms with van der Waals surface area (Å²) >= 11 is 0. The van der Waals surface area contributed by atoms with Crippen molar-refractivity contribution in [3.05, 3.63) is 48.2 Å². The Hall–Kier alpha value is -2.17. The van der Waals surface area contributed by atoms with Crippen molar-refractivity contribution < 1.29 is 10.2 Å². The van der Waals surface area contributed by atoms with Gasteiger partial charge in [-0.2, -0.15) is 0 Å². The number of aryl methyl sites for hydroxylation is 1. The first-order valence-corrected chi connectivity index (χ1v) is 7.50. The van der Waals surface area contributed by atoms with Gasteiger partial charge in [0.05, 0.1) is 18.7 Å². The first-order chi connectivity index (χ1) is 10.7. The summed E-state index contributed by atoms with van der Waals surface area (Å²) in [5.74, 6) is 0. The second kappa shape index (κ2) is 6.30. The van der Waals surface area contributed by atoms with Gasteiger partial charge in [0.25, 0.3) is 0 Å². The number of hydrogen-bond acceptors (Lipinski definition) is 4. The van der Waals surface area contributed by atoms with E-state index in [2.05, 4.69) is 24.3 Å². The Kier molecular flexibility index (Phi) is 4.22. The summed E-state index contributed by atoms with van der Waals surface area (Å²) in [6, 6.07) is 14.4. The minimum Gasteiger partial charge on any atom is -0.395 e. The third-order valence-electron chi connectivity index (χ3n) is 3.89. The number of anilines is 1. The van der Waals surface area contributed by atoms with Crippen molar-refractivity contribution in [1.82, 2.24) is 4.98 Å². The van der Waals surface area contributed by atoms with Crippen molar-refractivity contribution in [2.24, 2.45) is 0 Å². The van der Waals surface area contributed by atoms with Crippen molar-refractivity contribution in [3.63, 3.8) is 0 Å². The van der Waals surface area contributed by atoms with Gasteiger partial charge in [0.15, 0.2) is 0 Å². The van der Waals surface area contributed by atoms with Gasteiger partial charge in [-0.15, -0.1) is 0 Å². The molecular weight excluding hydrogens is 276 g/mol. The predicted octanol–water partition coefficient (Wildman–Crippen LogP) is 2.49. The van der Waals surface area contributed by atoms with Crippen LogP contribution in [-0.2, 0) is 0 Å². The molecule has 3 rings (SSSR count). The molecule has 2 aromatic carbocycles. The lowest BCUT2D eigenvalue weighted by atomic mass is 10.0. The number of aromatic nitrogens is 1. The Morgan fingerprint density at radius 2 is 1.68 bits per heavy atom. The zero-order valence-corrected chi connectivity index (χ0v) is 12.7. The van der Waals surface area contributed by atoms with Crippen LogP contribution in [0.5, 0.6) is 0 Å². The summed E-state index contributed by atoms with van der Waals surface area (Å²) in [4.78, 5) is 6.72. The first kappa shape index (κ1) is 14.8. The number of benzene rings is 2. The maximum Gasteiger partial charge on any atom is 0.0804 e. The number of aliphatic hydroxyl groups is 2. The molecule has 3 aromatic rings. The summed E-state index contributed by atoms with van der Waals surface area (Å²) in [5.41, 5.74) is 2.91. The largest absolute Gasteiger partial charge is 0.395 e. The Morgan fingerprint density at radius 3 is 2.41 bits per heavy atom. The Labute approximate surface area is 129 Å². The van der Waals surface area contributed by atoms with E-state index in [1.54, 1.807) is 0 Å². The van der Waals surface area contributed by atoms with Crippen molar-refractivity contribution in [1.29, 1.82) is 0 Å². The van der Waals surface area contributed by atoms with E-state index < -0.39 is 0 Å². The topological polar surface area (TPSA) is 56.6 Å². The van der Waals surface area contributed by atoms with Gasteiger partial charge in [-0.25, -0.2) is 0 Å². The van der Waals surface area contributed by atoms with Gasteiger partial charge in [-0.1, -0.05) is 36.4 Å². The lowest BCUT2D eigenvalue weighted by Crippen LogP contribution is -2.30. The molecule has 0 amide bonds. The van der Waals surface area contributed by atoms with Gasteiger partial charge in [0, 0.05) is 35.2 Å². The SMILES string of the molecule is Cc1cc(N(CCO)CCO)c2ccc3ccccc3c2n1. The van der Waals surface area contributed by atoms with E-state index in [9.17, 15) is 10.2 Å². The molecule has 0 fully saturated rings. The van der Waals surface area contributed by atoms with E-state index in [0.717, 1.165) is 33.1 Å². The van der Waals surface area contributed by atoms with Gasteiger partial charge in [-0.05, 0) is 18.4 Å². The lowest BCUT2D eigenvalue weighted by molar-refractivity contribution is 0.281. The number of rotatable bonds is 5. The molecule has 0 saturated carbocycles. The summed E-state index contributed by atoms with van der Waals surface area (Å²) in [5, 5.41) is 21.9. The van der Waals surface area contributed by atoms with Crippen LogP contribution >= 0.6 is 0 Å². The quantitative estimate of drug-likeness (QED) is 0.710. The maximum absolute atomic E-state index is 9.30. The average molecular weight is 296 g/mol. The number of pyridine rings is 1. The van der Waals surface area contributed by atoms with Gasteiger partial charge in [0.2, 0.25) is 0 Å². The third-order valence-corrected chi connectivity index (χ3v) is 3.89. The average Bonchev–Trinajstić information content (AvgIpc) is 2.54. The highest BCUT2D eigenvalue weighted by Crippen LogP contribution is 2.31. The van der Waals surface area contributed by atoms with Crippen LogP contribution < -0.4 is 4.90 Å². The Balaban J connectivity index is 2.28. The van der Waals surface area contributed by atoms with Gasteiger partial charge >= 0.3 is 0 Å². The summed E-state index contributed by atoms with van der Waals surface area (Å²) in [6.07, 6.45) is 0. The van der Waals surface area contributed by atoms with Gasteiger partial charge in [-0.3, -0.25) is 4.98 Å². The molecule has 0 aliphatic heterocycles. The summed E-state index contributed by atoms with van der Waals surface area (Å²) < 4.78 is 0. The van der Waals surface area contributed by atoms with Crippen LogP contribution in [-0.4, -0.2) is 41.5 Å². The molecule has 114 valence electrons. The highest BCUT2D eigenvalue weighted by Gasteiger charge is 2.13. The fraction of sp³-hybridized carbons (Fsp3) is 0.278. The van der Waals surface area contributed by atoms with E-state index in [1.165, 1.54) is 0 Å². The van der Waals surface area contributed by atoms with Crippen molar-refractivity contribution in [2.75, 3.05) is 31.2 Å². The molecule has 4 heteroatoms. The van der Waals surface area contributed by atoms with Crippen LogP contribution in [0.15, 0.2) is 42.5 Å². The molecule has 0 atom stereocenters. The monoisotopic (exact) mass is 296 g/mol. The molecule has 2 N–H and O–H groups in total. The Morgan fingerprint density at radius 1 is 0.955 bits per heavy atom. The molecule has 0 bridgehead atoms. The molecule has 0 saturated heterocycles. The van der Waals surface area contributed by atoms with E-state index in [-0.39, 0.29) is 13.2 Å². The molecule has 22 heavy (non-hydrogen) atoms.